The van der Waals surface area contributed by atoms with E-state index in [2.05, 4.69) is 0 Å². The maximum Gasteiger partial charge on any atom is 0.139 e. The molecule has 0 amide bonds. The van der Waals surface area contributed by atoms with E-state index in [9.17, 15) is 8.78 Å². The Morgan fingerprint density at radius 3 is 2.56 bits per heavy atom. The molecule has 0 aliphatic heterocycles. The van der Waals surface area contributed by atoms with Crippen molar-refractivity contribution in [2.45, 2.75) is 6.61 Å². The van der Waals surface area contributed by atoms with Crippen LogP contribution in [0.1, 0.15) is 5.56 Å². The standard InChI is InChI=1S/C13H8Cl2F2O/c14-9-1-3-11(15)13(6-9)18-7-8-5-10(16)2-4-12(8)17/h1-6H,7H2. The molecule has 0 radical (unpaired) electrons. The summed E-state index contributed by atoms with van der Waals surface area (Å²) in [7, 11) is 0. The first-order chi connectivity index (χ1) is 8.56. The molecule has 2 rings (SSSR count). The van der Waals surface area contributed by atoms with Crippen LogP contribution in [0.3, 0.4) is 0 Å². The molecule has 0 heterocycles. The van der Waals surface area contributed by atoms with Gasteiger partial charge in [-0.3, -0.25) is 0 Å². The minimum Gasteiger partial charge on any atom is -0.487 e. The SMILES string of the molecule is Fc1ccc(F)c(COc2cc(Cl)ccc2Cl)c1. The van der Waals surface area contributed by atoms with Crippen molar-refractivity contribution in [1.82, 2.24) is 0 Å². The van der Waals surface area contributed by atoms with Gasteiger partial charge in [0, 0.05) is 16.7 Å². The zero-order valence-corrected chi connectivity index (χ0v) is 10.6. The Morgan fingerprint density at radius 1 is 1.00 bits per heavy atom. The second-order valence-electron chi connectivity index (χ2n) is 3.60. The molecule has 0 fully saturated rings. The van der Waals surface area contributed by atoms with Gasteiger partial charge in [0.15, 0.2) is 0 Å². The highest BCUT2D eigenvalue weighted by atomic mass is 35.5. The summed E-state index contributed by atoms with van der Waals surface area (Å²) in [5, 5.41) is 0.810. The third-order valence-corrected chi connectivity index (χ3v) is 2.83. The average molecular weight is 289 g/mol. The number of rotatable bonds is 3. The summed E-state index contributed by atoms with van der Waals surface area (Å²) in [6, 6.07) is 7.87. The molecule has 94 valence electrons. The molecule has 0 saturated heterocycles. The first-order valence-electron chi connectivity index (χ1n) is 5.08. The van der Waals surface area contributed by atoms with Crippen LogP contribution in [-0.2, 0) is 6.61 Å². The first-order valence-corrected chi connectivity index (χ1v) is 5.83. The van der Waals surface area contributed by atoms with Crippen LogP contribution in [0, 0.1) is 11.6 Å². The van der Waals surface area contributed by atoms with Gasteiger partial charge >= 0.3 is 0 Å². The fraction of sp³-hybridized carbons (Fsp3) is 0.0769. The molecule has 2 aromatic carbocycles. The normalized spacial score (nSPS) is 10.4. The van der Waals surface area contributed by atoms with Crippen molar-refractivity contribution in [1.29, 1.82) is 0 Å². The van der Waals surface area contributed by atoms with E-state index in [-0.39, 0.29) is 12.2 Å². The highest BCUT2D eigenvalue weighted by Crippen LogP contribution is 2.28. The van der Waals surface area contributed by atoms with Crippen LogP contribution in [0.4, 0.5) is 8.78 Å². The number of benzene rings is 2. The molecular formula is C13H8Cl2F2O. The molecule has 0 saturated carbocycles. The average Bonchev–Trinajstić information content (AvgIpc) is 2.34. The van der Waals surface area contributed by atoms with Crippen molar-refractivity contribution in [3.8, 4) is 5.75 Å². The quantitative estimate of drug-likeness (QED) is 0.784. The van der Waals surface area contributed by atoms with Crippen molar-refractivity contribution in [2.24, 2.45) is 0 Å². The molecule has 0 aliphatic carbocycles. The van der Waals surface area contributed by atoms with Crippen molar-refractivity contribution < 1.29 is 13.5 Å². The van der Waals surface area contributed by atoms with E-state index in [1.54, 1.807) is 12.1 Å². The summed E-state index contributed by atoms with van der Waals surface area (Å²) >= 11 is 11.7. The first kappa shape index (κ1) is 13.1. The van der Waals surface area contributed by atoms with Crippen LogP contribution in [-0.4, -0.2) is 0 Å². The highest BCUT2D eigenvalue weighted by Gasteiger charge is 2.07. The fourth-order valence-electron chi connectivity index (χ4n) is 1.40. The van der Waals surface area contributed by atoms with Gasteiger partial charge < -0.3 is 4.74 Å². The lowest BCUT2D eigenvalue weighted by Crippen LogP contribution is -1.99. The monoisotopic (exact) mass is 288 g/mol. The van der Waals surface area contributed by atoms with E-state index in [1.807, 2.05) is 0 Å². The van der Waals surface area contributed by atoms with Gasteiger partial charge in [-0.25, -0.2) is 8.78 Å². The topological polar surface area (TPSA) is 9.23 Å². The second-order valence-corrected chi connectivity index (χ2v) is 4.44. The van der Waals surface area contributed by atoms with E-state index < -0.39 is 11.6 Å². The predicted molar refractivity (Wildman–Crippen MR) is 67.2 cm³/mol. The third kappa shape index (κ3) is 3.12. The van der Waals surface area contributed by atoms with E-state index in [0.717, 1.165) is 18.2 Å². The van der Waals surface area contributed by atoms with Crippen LogP contribution in [0.2, 0.25) is 10.0 Å². The molecule has 0 aromatic heterocycles. The Morgan fingerprint density at radius 2 is 1.78 bits per heavy atom. The van der Waals surface area contributed by atoms with Gasteiger partial charge in [0.2, 0.25) is 0 Å². The molecular weight excluding hydrogens is 281 g/mol. The minimum atomic E-state index is -0.533. The molecule has 0 aliphatic rings. The molecule has 1 nitrogen and oxygen atoms in total. The largest absolute Gasteiger partial charge is 0.487 e. The number of hydrogen-bond acceptors (Lipinski definition) is 1. The van der Waals surface area contributed by atoms with E-state index in [1.165, 1.54) is 6.07 Å². The summed E-state index contributed by atoms with van der Waals surface area (Å²) in [5.74, 6) is -0.727. The maximum absolute atomic E-state index is 13.3. The Bertz CT molecular complexity index is 521. The number of hydrogen-bond donors (Lipinski definition) is 0. The van der Waals surface area contributed by atoms with Crippen molar-refractivity contribution in [2.75, 3.05) is 0 Å². The van der Waals surface area contributed by atoms with Gasteiger partial charge in [-0.2, -0.15) is 0 Å². The summed E-state index contributed by atoms with van der Waals surface area (Å²) < 4.78 is 31.6. The van der Waals surface area contributed by atoms with Crippen LogP contribution in [0.15, 0.2) is 36.4 Å². The summed E-state index contributed by atoms with van der Waals surface area (Å²) in [4.78, 5) is 0. The lowest BCUT2D eigenvalue weighted by Gasteiger charge is -2.09. The summed E-state index contributed by atoms with van der Waals surface area (Å²) in [5.41, 5.74) is 0.117. The number of halogens is 4. The smallest absolute Gasteiger partial charge is 0.139 e. The van der Waals surface area contributed by atoms with Crippen LogP contribution >= 0.6 is 23.2 Å². The molecule has 0 N–H and O–H groups in total. The zero-order chi connectivity index (χ0) is 13.1. The zero-order valence-electron chi connectivity index (χ0n) is 9.09. The lowest BCUT2D eigenvalue weighted by molar-refractivity contribution is 0.299. The van der Waals surface area contributed by atoms with Gasteiger partial charge in [0.25, 0.3) is 0 Å². The summed E-state index contributed by atoms with van der Waals surface area (Å²) in [6.07, 6.45) is 0. The molecule has 5 heteroatoms. The summed E-state index contributed by atoms with van der Waals surface area (Å²) in [6.45, 7) is -0.121. The van der Waals surface area contributed by atoms with Crippen molar-refractivity contribution in [3.05, 3.63) is 63.6 Å². The van der Waals surface area contributed by atoms with Gasteiger partial charge in [0.05, 0.1) is 5.02 Å². The third-order valence-electron chi connectivity index (χ3n) is 2.28. The second kappa shape index (κ2) is 5.55. The van der Waals surface area contributed by atoms with Crippen LogP contribution in [0.25, 0.3) is 0 Å². The Labute approximate surface area is 113 Å². The van der Waals surface area contributed by atoms with E-state index in [4.69, 9.17) is 27.9 Å². The van der Waals surface area contributed by atoms with Gasteiger partial charge in [0.1, 0.15) is 24.0 Å². The molecule has 18 heavy (non-hydrogen) atoms. The van der Waals surface area contributed by atoms with Crippen molar-refractivity contribution in [3.63, 3.8) is 0 Å². The van der Waals surface area contributed by atoms with Crippen LogP contribution < -0.4 is 4.74 Å². The predicted octanol–water partition coefficient (Wildman–Crippen LogP) is 4.85. The molecule has 0 unspecified atom stereocenters. The molecule has 0 bridgehead atoms. The highest BCUT2D eigenvalue weighted by molar-refractivity contribution is 6.34. The fourth-order valence-corrected chi connectivity index (χ4v) is 1.73. The molecule has 0 atom stereocenters. The number of ether oxygens (including phenoxy) is 1. The van der Waals surface area contributed by atoms with Gasteiger partial charge in [-0.1, -0.05) is 23.2 Å². The minimum absolute atomic E-state index is 0.117. The Kier molecular flexibility index (Phi) is 4.04. The van der Waals surface area contributed by atoms with Crippen LogP contribution in [0.5, 0.6) is 5.75 Å². The van der Waals surface area contributed by atoms with Crippen molar-refractivity contribution >= 4 is 23.2 Å². The van der Waals surface area contributed by atoms with E-state index >= 15 is 0 Å². The molecule has 2 aromatic rings. The maximum atomic E-state index is 13.3. The molecule has 0 spiro atoms. The Balaban J connectivity index is 2.16. The Hall–Kier alpha value is -1.32. The van der Waals surface area contributed by atoms with Gasteiger partial charge in [-0.05, 0) is 30.3 Å². The van der Waals surface area contributed by atoms with E-state index in [0.29, 0.717) is 15.8 Å². The lowest BCUT2D eigenvalue weighted by atomic mass is 10.2. The van der Waals surface area contributed by atoms with Gasteiger partial charge in [-0.15, -0.1) is 0 Å².